The molecule has 1 heterocycles. The van der Waals surface area contributed by atoms with Crippen molar-refractivity contribution in [1.29, 1.82) is 0 Å². The van der Waals surface area contributed by atoms with Crippen LogP contribution in [0.25, 0.3) is 0 Å². The van der Waals surface area contributed by atoms with Crippen LogP contribution in [0.15, 0.2) is 27.9 Å². The van der Waals surface area contributed by atoms with Crippen LogP contribution in [0.5, 0.6) is 0 Å². The van der Waals surface area contributed by atoms with E-state index in [0.717, 1.165) is 0 Å². The second kappa shape index (κ2) is 4.43. The number of carboxylic acid groups (broad SMARTS) is 1. The van der Waals surface area contributed by atoms with Gasteiger partial charge in [0.15, 0.2) is 0 Å². The third-order valence-electron chi connectivity index (χ3n) is 1.85. The first-order chi connectivity index (χ1) is 7.82. The number of carbonyl (C=O) groups is 1. The lowest BCUT2D eigenvalue weighted by atomic mass is 10.3. The summed E-state index contributed by atoms with van der Waals surface area (Å²) in [7, 11) is 0. The predicted molar refractivity (Wildman–Crippen MR) is 54.8 cm³/mol. The summed E-state index contributed by atoms with van der Waals surface area (Å²) < 4.78 is 0.690. The third-order valence-corrected chi connectivity index (χ3v) is 1.85. The number of rotatable bonds is 4. The van der Waals surface area contributed by atoms with E-state index in [1.807, 2.05) is 0 Å². The van der Waals surface area contributed by atoms with E-state index in [4.69, 9.17) is 5.11 Å². The van der Waals surface area contributed by atoms with Gasteiger partial charge < -0.3 is 5.11 Å². The summed E-state index contributed by atoms with van der Waals surface area (Å²) in [5, 5.41) is 19.0. The van der Waals surface area contributed by atoms with Gasteiger partial charge in [-0.25, -0.2) is 9.59 Å². The zero-order valence-corrected chi connectivity index (χ0v) is 8.37. The van der Waals surface area contributed by atoms with Crippen molar-refractivity contribution in [2.75, 3.05) is 0 Å². The van der Waals surface area contributed by atoms with Crippen molar-refractivity contribution in [2.24, 2.45) is 0 Å². The number of aromatic nitrogens is 2. The first-order valence-electron chi connectivity index (χ1n) is 4.22. The van der Waals surface area contributed by atoms with E-state index in [2.05, 4.69) is 6.58 Å². The molecule has 0 aliphatic carbocycles. The lowest BCUT2D eigenvalue weighted by Gasteiger charge is -2.03. The number of aliphatic carboxylic acids is 1. The molecule has 90 valence electrons. The fourth-order valence-corrected chi connectivity index (χ4v) is 1.02. The minimum atomic E-state index is -1.34. The largest absolute Gasteiger partial charge is 0.478 e. The molecule has 2 N–H and O–H groups in total. The van der Waals surface area contributed by atoms with Gasteiger partial charge in [-0.05, 0) is 0 Å². The Labute approximate surface area is 92.8 Å². The molecule has 0 aliphatic rings. The SMILES string of the molecule is C=C(Cn1cc([N+](=O)[O-])c(=O)[nH]c1=O)C(=O)O. The van der Waals surface area contributed by atoms with Gasteiger partial charge >= 0.3 is 22.9 Å². The highest BCUT2D eigenvalue weighted by atomic mass is 16.6. The normalized spacial score (nSPS) is 9.88. The number of aromatic amines is 1. The van der Waals surface area contributed by atoms with Gasteiger partial charge in [0.05, 0.1) is 17.7 Å². The van der Waals surface area contributed by atoms with Crippen molar-refractivity contribution in [2.45, 2.75) is 6.54 Å². The number of nitrogens with zero attached hydrogens (tertiary/aromatic N) is 2. The summed E-state index contributed by atoms with van der Waals surface area (Å²) in [6.07, 6.45) is 0.676. The fraction of sp³-hybridized carbons (Fsp3) is 0.125. The molecular weight excluding hydrogens is 234 g/mol. The zero-order valence-electron chi connectivity index (χ0n) is 8.37. The van der Waals surface area contributed by atoms with Crippen molar-refractivity contribution in [3.63, 3.8) is 0 Å². The fourth-order valence-electron chi connectivity index (χ4n) is 1.02. The Bertz CT molecular complexity index is 610. The zero-order chi connectivity index (χ0) is 13.2. The maximum absolute atomic E-state index is 11.2. The van der Waals surface area contributed by atoms with Crippen LogP contribution in [-0.4, -0.2) is 25.6 Å². The topological polar surface area (TPSA) is 135 Å². The first-order valence-corrected chi connectivity index (χ1v) is 4.22. The van der Waals surface area contributed by atoms with E-state index >= 15 is 0 Å². The molecule has 0 amide bonds. The second-order valence-electron chi connectivity index (χ2n) is 3.07. The molecule has 0 bridgehead atoms. The van der Waals surface area contributed by atoms with Crippen molar-refractivity contribution in [3.05, 3.63) is 49.3 Å². The maximum Gasteiger partial charge on any atom is 0.350 e. The molecule has 0 saturated heterocycles. The molecule has 0 atom stereocenters. The molecular formula is C8H7N3O6. The third kappa shape index (κ3) is 2.65. The minimum absolute atomic E-state index is 0.339. The molecule has 9 nitrogen and oxygen atoms in total. The van der Waals surface area contributed by atoms with Crippen LogP contribution >= 0.6 is 0 Å². The van der Waals surface area contributed by atoms with Gasteiger partial charge in [0.25, 0.3) is 0 Å². The standard InChI is InChI=1S/C8H7N3O6/c1-4(7(13)14)2-10-3-5(11(16)17)6(12)9-8(10)15/h3H,1-2H2,(H,13,14)(H,9,12,15). The van der Waals surface area contributed by atoms with Crippen LogP contribution in [0.2, 0.25) is 0 Å². The number of hydrogen-bond donors (Lipinski definition) is 2. The number of nitrogens with one attached hydrogen (secondary N) is 1. The summed E-state index contributed by atoms with van der Waals surface area (Å²) in [5.74, 6) is -1.34. The van der Waals surface area contributed by atoms with Gasteiger partial charge in [-0.3, -0.25) is 24.5 Å². The Morgan fingerprint density at radius 1 is 1.59 bits per heavy atom. The van der Waals surface area contributed by atoms with Gasteiger partial charge in [-0.1, -0.05) is 6.58 Å². The lowest BCUT2D eigenvalue weighted by molar-refractivity contribution is -0.386. The first kappa shape index (κ1) is 12.4. The Hall–Kier alpha value is -2.71. The Balaban J connectivity index is 3.26. The van der Waals surface area contributed by atoms with E-state index in [0.29, 0.717) is 10.8 Å². The van der Waals surface area contributed by atoms with Crippen LogP contribution < -0.4 is 11.2 Å². The monoisotopic (exact) mass is 241 g/mol. The van der Waals surface area contributed by atoms with Crippen LogP contribution in [0.3, 0.4) is 0 Å². The summed E-state index contributed by atoms with van der Waals surface area (Å²) in [6, 6.07) is 0. The highest BCUT2D eigenvalue weighted by molar-refractivity contribution is 5.85. The molecule has 9 heteroatoms. The highest BCUT2D eigenvalue weighted by Crippen LogP contribution is 2.01. The summed E-state index contributed by atoms with van der Waals surface area (Å²) in [5.41, 5.74) is -3.27. The molecule has 0 aromatic carbocycles. The van der Waals surface area contributed by atoms with Crippen molar-refractivity contribution in [3.8, 4) is 0 Å². The van der Waals surface area contributed by atoms with Crippen LogP contribution in [0, 0.1) is 10.1 Å². The van der Waals surface area contributed by atoms with Crippen LogP contribution in [0.1, 0.15) is 0 Å². The van der Waals surface area contributed by atoms with Crippen molar-refractivity contribution < 1.29 is 14.8 Å². The Morgan fingerprint density at radius 2 is 2.18 bits per heavy atom. The molecule has 0 fully saturated rings. The van der Waals surface area contributed by atoms with Gasteiger partial charge in [0.2, 0.25) is 0 Å². The van der Waals surface area contributed by atoms with Crippen LogP contribution in [-0.2, 0) is 11.3 Å². The molecule has 0 unspecified atom stereocenters. The summed E-state index contributed by atoms with van der Waals surface area (Å²) in [4.78, 5) is 43.9. The molecule has 0 aliphatic heterocycles. The van der Waals surface area contributed by atoms with E-state index < -0.39 is 34.4 Å². The van der Waals surface area contributed by atoms with Crippen molar-refractivity contribution >= 4 is 11.7 Å². The number of hydrogen-bond acceptors (Lipinski definition) is 5. The summed E-state index contributed by atoms with van der Waals surface area (Å²) in [6.45, 7) is 2.71. The van der Waals surface area contributed by atoms with E-state index in [-0.39, 0.29) is 5.57 Å². The van der Waals surface area contributed by atoms with Crippen molar-refractivity contribution in [1.82, 2.24) is 9.55 Å². The molecule has 1 aromatic rings. The Morgan fingerprint density at radius 3 is 2.65 bits per heavy atom. The molecule has 0 spiro atoms. The molecule has 1 rings (SSSR count). The quantitative estimate of drug-likeness (QED) is 0.397. The van der Waals surface area contributed by atoms with E-state index in [1.54, 1.807) is 4.98 Å². The van der Waals surface area contributed by atoms with E-state index in [1.165, 1.54) is 0 Å². The average Bonchev–Trinajstić information content (AvgIpc) is 2.21. The van der Waals surface area contributed by atoms with Gasteiger partial charge in [-0.2, -0.15) is 0 Å². The molecule has 17 heavy (non-hydrogen) atoms. The van der Waals surface area contributed by atoms with Gasteiger partial charge in [0, 0.05) is 5.57 Å². The Kier molecular flexibility index (Phi) is 3.22. The van der Waals surface area contributed by atoms with E-state index in [9.17, 15) is 24.5 Å². The summed E-state index contributed by atoms with van der Waals surface area (Å²) >= 11 is 0. The average molecular weight is 241 g/mol. The maximum atomic E-state index is 11.2. The van der Waals surface area contributed by atoms with Gasteiger partial charge in [0.1, 0.15) is 0 Å². The van der Waals surface area contributed by atoms with Gasteiger partial charge in [-0.15, -0.1) is 0 Å². The number of carboxylic acids is 1. The molecule has 0 saturated carbocycles. The molecule has 0 radical (unpaired) electrons. The highest BCUT2D eigenvalue weighted by Gasteiger charge is 2.16. The number of nitro groups is 1. The second-order valence-corrected chi connectivity index (χ2v) is 3.07. The smallest absolute Gasteiger partial charge is 0.350 e. The minimum Gasteiger partial charge on any atom is -0.478 e. The number of H-pyrrole nitrogens is 1. The van der Waals surface area contributed by atoms with Crippen LogP contribution in [0.4, 0.5) is 5.69 Å². The lowest BCUT2D eigenvalue weighted by Crippen LogP contribution is -2.31. The molecule has 1 aromatic heterocycles. The predicted octanol–water partition coefficient (Wildman–Crippen LogP) is -0.914.